The van der Waals surface area contributed by atoms with Gasteiger partial charge in [-0.05, 0) is 24.6 Å². The number of benzene rings is 2. The van der Waals surface area contributed by atoms with E-state index >= 15 is 0 Å². The first kappa shape index (κ1) is 13.1. The van der Waals surface area contributed by atoms with Gasteiger partial charge in [-0.25, -0.2) is 4.39 Å². The van der Waals surface area contributed by atoms with Crippen LogP contribution in [0.3, 0.4) is 0 Å². The third-order valence-corrected chi connectivity index (χ3v) is 3.08. The second-order valence-electron chi connectivity index (χ2n) is 4.06. The smallest absolute Gasteiger partial charge is 0.423 e. The van der Waals surface area contributed by atoms with Gasteiger partial charge in [-0.1, -0.05) is 41.4 Å². The minimum atomic E-state index is -1.93. The molecule has 0 atom stereocenters. The Labute approximate surface area is 110 Å². The molecule has 2 aromatic carbocycles. The Balaban J connectivity index is 2.59. The largest absolute Gasteiger partial charge is 0.493 e. The van der Waals surface area contributed by atoms with Gasteiger partial charge < -0.3 is 10.0 Å². The number of hydrogen-bond donors (Lipinski definition) is 2. The molecule has 0 fully saturated rings. The van der Waals surface area contributed by atoms with E-state index in [2.05, 4.69) is 0 Å². The van der Waals surface area contributed by atoms with Gasteiger partial charge in [-0.2, -0.15) is 0 Å². The third-order valence-electron chi connectivity index (χ3n) is 2.75. The Morgan fingerprint density at radius 3 is 2.22 bits per heavy atom. The van der Waals surface area contributed by atoms with E-state index in [1.54, 1.807) is 12.1 Å². The second-order valence-corrected chi connectivity index (χ2v) is 4.47. The van der Waals surface area contributed by atoms with Crippen LogP contribution >= 0.6 is 11.6 Å². The van der Waals surface area contributed by atoms with Gasteiger partial charge >= 0.3 is 7.12 Å². The Hall–Kier alpha value is -1.36. The van der Waals surface area contributed by atoms with Crippen LogP contribution in [-0.2, 0) is 0 Å². The van der Waals surface area contributed by atoms with Crippen LogP contribution in [0, 0.1) is 12.7 Å². The molecule has 0 aliphatic carbocycles. The van der Waals surface area contributed by atoms with E-state index in [0.29, 0.717) is 11.1 Å². The van der Waals surface area contributed by atoms with Crippen LogP contribution in [0.25, 0.3) is 11.1 Å². The van der Waals surface area contributed by atoms with Crippen molar-refractivity contribution in [2.45, 2.75) is 6.92 Å². The summed E-state index contributed by atoms with van der Waals surface area (Å²) in [6, 6.07) is 10.2. The molecular weight excluding hydrogens is 253 g/mol. The normalized spacial score (nSPS) is 10.5. The molecule has 0 bridgehead atoms. The van der Waals surface area contributed by atoms with Gasteiger partial charge in [0.15, 0.2) is 0 Å². The molecular formula is C13H11BClFO2. The van der Waals surface area contributed by atoms with Crippen LogP contribution in [0.5, 0.6) is 0 Å². The summed E-state index contributed by atoms with van der Waals surface area (Å²) in [5.41, 5.74) is 1.73. The highest BCUT2D eigenvalue weighted by Gasteiger charge is 2.23. The lowest BCUT2D eigenvalue weighted by molar-refractivity contribution is 0.423. The van der Waals surface area contributed by atoms with Crippen LogP contribution in [0.1, 0.15) is 5.56 Å². The van der Waals surface area contributed by atoms with Crippen molar-refractivity contribution in [3.63, 3.8) is 0 Å². The fraction of sp³-hybridized carbons (Fsp3) is 0.0769. The first-order chi connectivity index (χ1) is 8.50. The zero-order chi connectivity index (χ0) is 13.3. The Morgan fingerprint density at radius 2 is 1.67 bits per heavy atom. The molecule has 0 amide bonds. The zero-order valence-electron chi connectivity index (χ0n) is 9.69. The molecule has 18 heavy (non-hydrogen) atoms. The van der Waals surface area contributed by atoms with Crippen molar-refractivity contribution in [2.75, 3.05) is 0 Å². The number of aryl methyl sites for hydroxylation is 1. The van der Waals surface area contributed by atoms with Crippen molar-refractivity contribution in [3.8, 4) is 11.1 Å². The molecule has 0 saturated heterocycles. The first-order valence-electron chi connectivity index (χ1n) is 5.42. The van der Waals surface area contributed by atoms with Crippen LogP contribution in [0.4, 0.5) is 4.39 Å². The van der Waals surface area contributed by atoms with Gasteiger partial charge in [0.1, 0.15) is 5.82 Å². The van der Waals surface area contributed by atoms with E-state index in [1.807, 2.05) is 19.1 Å². The second kappa shape index (κ2) is 5.10. The van der Waals surface area contributed by atoms with Crippen LogP contribution in [0.15, 0.2) is 36.4 Å². The van der Waals surface area contributed by atoms with E-state index in [4.69, 9.17) is 21.6 Å². The molecule has 0 radical (unpaired) electrons. The molecule has 2 rings (SSSR count). The van der Waals surface area contributed by atoms with Gasteiger partial charge in [0.2, 0.25) is 0 Å². The van der Waals surface area contributed by atoms with E-state index in [-0.39, 0.29) is 10.5 Å². The fourth-order valence-corrected chi connectivity index (χ4v) is 2.01. The standard InChI is InChI=1S/C13H11BClFO2/c1-8-2-4-9(5-3-8)10-6-7-11(15)12(13(10)16)14(17)18/h2-7,17-18H,1H3. The highest BCUT2D eigenvalue weighted by atomic mass is 35.5. The molecule has 0 heterocycles. The summed E-state index contributed by atoms with van der Waals surface area (Å²) >= 11 is 5.75. The summed E-state index contributed by atoms with van der Waals surface area (Å²) in [6.45, 7) is 1.94. The SMILES string of the molecule is Cc1ccc(-c2ccc(Cl)c(B(O)O)c2F)cc1. The van der Waals surface area contributed by atoms with Crippen molar-refractivity contribution in [1.82, 2.24) is 0 Å². The van der Waals surface area contributed by atoms with Gasteiger partial charge in [0, 0.05) is 16.0 Å². The summed E-state index contributed by atoms with van der Waals surface area (Å²) in [6.07, 6.45) is 0. The molecule has 0 aliphatic heterocycles. The Bertz CT molecular complexity index is 570. The molecule has 2 aromatic rings. The Morgan fingerprint density at radius 1 is 1.06 bits per heavy atom. The fourth-order valence-electron chi connectivity index (χ4n) is 1.76. The quantitative estimate of drug-likeness (QED) is 0.816. The van der Waals surface area contributed by atoms with Gasteiger partial charge in [0.05, 0.1) is 0 Å². The van der Waals surface area contributed by atoms with E-state index in [1.165, 1.54) is 12.1 Å². The van der Waals surface area contributed by atoms with Gasteiger partial charge in [-0.3, -0.25) is 0 Å². The summed E-state index contributed by atoms with van der Waals surface area (Å²) in [5, 5.41) is 18.3. The molecule has 92 valence electrons. The average Bonchev–Trinajstić information content (AvgIpc) is 2.30. The Kier molecular flexibility index (Phi) is 3.71. The van der Waals surface area contributed by atoms with Crippen molar-refractivity contribution >= 4 is 24.2 Å². The number of halogens is 2. The van der Waals surface area contributed by atoms with E-state index < -0.39 is 12.9 Å². The number of hydrogen-bond acceptors (Lipinski definition) is 2. The van der Waals surface area contributed by atoms with E-state index in [0.717, 1.165) is 5.56 Å². The summed E-state index contributed by atoms with van der Waals surface area (Å²) in [5.74, 6) is -0.707. The molecule has 0 aromatic heterocycles. The molecule has 5 heteroatoms. The summed E-state index contributed by atoms with van der Waals surface area (Å²) < 4.78 is 14.2. The minimum absolute atomic E-state index is 0.00152. The topological polar surface area (TPSA) is 40.5 Å². The summed E-state index contributed by atoms with van der Waals surface area (Å²) in [7, 11) is -1.93. The lowest BCUT2D eigenvalue weighted by Gasteiger charge is -2.10. The maximum Gasteiger partial charge on any atom is 0.493 e. The van der Waals surface area contributed by atoms with Gasteiger partial charge in [0.25, 0.3) is 0 Å². The molecule has 0 aliphatic rings. The lowest BCUT2D eigenvalue weighted by atomic mass is 9.78. The number of rotatable bonds is 2. The maximum absolute atomic E-state index is 14.2. The van der Waals surface area contributed by atoms with Gasteiger partial charge in [-0.15, -0.1) is 0 Å². The van der Waals surface area contributed by atoms with Crippen molar-refractivity contribution < 1.29 is 14.4 Å². The van der Waals surface area contributed by atoms with Crippen LogP contribution in [-0.4, -0.2) is 17.2 Å². The average molecular weight is 264 g/mol. The molecule has 0 unspecified atom stereocenters. The van der Waals surface area contributed by atoms with E-state index in [9.17, 15) is 4.39 Å². The highest BCUT2D eigenvalue weighted by Crippen LogP contribution is 2.24. The van der Waals surface area contributed by atoms with Crippen LogP contribution < -0.4 is 5.46 Å². The zero-order valence-corrected chi connectivity index (χ0v) is 10.4. The molecule has 0 saturated carbocycles. The third kappa shape index (κ3) is 2.41. The molecule has 2 N–H and O–H groups in total. The predicted octanol–water partition coefficient (Wildman–Crippen LogP) is 2.13. The minimum Gasteiger partial charge on any atom is -0.423 e. The molecule has 2 nitrogen and oxygen atoms in total. The lowest BCUT2D eigenvalue weighted by Crippen LogP contribution is -2.34. The van der Waals surface area contributed by atoms with Crippen molar-refractivity contribution in [1.29, 1.82) is 0 Å². The monoisotopic (exact) mass is 264 g/mol. The van der Waals surface area contributed by atoms with Crippen LogP contribution in [0.2, 0.25) is 5.02 Å². The predicted molar refractivity (Wildman–Crippen MR) is 71.4 cm³/mol. The van der Waals surface area contributed by atoms with Crippen molar-refractivity contribution in [2.24, 2.45) is 0 Å². The molecule has 0 spiro atoms. The van der Waals surface area contributed by atoms with Crippen molar-refractivity contribution in [3.05, 3.63) is 52.8 Å². The highest BCUT2D eigenvalue weighted by molar-refractivity contribution is 6.63. The maximum atomic E-state index is 14.2. The summed E-state index contributed by atoms with van der Waals surface area (Å²) in [4.78, 5) is 0. The first-order valence-corrected chi connectivity index (χ1v) is 5.79.